The predicted octanol–water partition coefficient (Wildman–Crippen LogP) is 0.115. The molecule has 0 spiro atoms. The lowest BCUT2D eigenvalue weighted by molar-refractivity contribution is -0.150. The molecule has 1 amide bonds. The zero-order chi connectivity index (χ0) is 13.0. The van der Waals surface area contributed by atoms with Crippen LogP contribution in [0.3, 0.4) is 0 Å². The first-order chi connectivity index (χ1) is 8.68. The molecule has 0 radical (unpaired) electrons. The van der Waals surface area contributed by atoms with Crippen LogP contribution in [0, 0.1) is 5.92 Å². The van der Waals surface area contributed by atoms with Crippen LogP contribution >= 0.6 is 0 Å². The van der Waals surface area contributed by atoms with Crippen LogP contribution in [0.5, 0.6) is 0 Å². The van der Waals surface area contributed by atoms with E-state index in [-0.39, 0.29) is 24.4 Å². The summed E-state index contributed by atoms with van der Waals surface area (Å²) >= 11 is 0. The maximum absolute atomic E-state index is 12.3. The number of hydrogen-bond donors (Lipinski definition) is 1. The van der Waals surface area contributed by atoms with E-state index in [1.807, 2.05) is 0 Å². The summed E-state index contributed by atoms with van der Waals surface area (Å²) in [6.45, 7) is 1.97. The summed E-state index contributed by atoms with van der Waals surface area (Å²) in [5, 5.41) is 8.95. The summed E-state index contributed by atoms with van der Waals surface area (Å²) in [5.74, 6) is -1.22. The fraction of sp³-hybridized carbons (Fsp3) is 0.833. The van der Waals surface area contributed by atoms with Gasteiger partial charge in [-0.25, -0.2) is 0 Å². The molecule has 0 aliphatic carbocycles. The van der Waals surface area contributed by atoms with E-state index in [0.29, 0.717) is 45.7 Å². The lowest BCUT2D eigenvalue weighted by atomic mass is 10.0. The Bertz CT molecular complexity index is 308. The Hall–Kier alpha value is -1.14. The molecule has 6 heteroatoms. The number of carboxylic acid groups (broad SMARTS) is 1. The molecule has 2 rings (SSSR count). The second kappa shape index (κ2) is 6.15. The smallest absolute Gasteiger partial charge is 0.323 e. The Morgan fingerprint density at radius 3 is 2.33 bits per heavy atom. The molecule has 18 heavy (non-hydrogen) atoms. The zero-order valence-corrected chi connectivity index (χ0v) is 10.3. The fourth-order valence-electron chi connectivity index (χ4n) is 2.49. The zero-order valence-electron chi connectivity index (χ0n) is 10.3. The number of rotatable bonds is 4. The second-order valence-corrected chi connectivity index (χ2v) is 4.76. The average molecular weight is 257 g/mol. The van der Waals surface area contributed by atoms with Gasteiger partial charge in [-0.05, 0) is 19.3 Å². The van der Waals surface area contributed by atoms with Crippen LogP contribution in [0.15, 0.2) is 0 Å². The third-order valence-electron chi connectivity index (χ3n) is 3.50. The van der Waals surface area contributed by atoms with E-state index < -0.39 is 5.97 Å². The van der Waals surface area contributed by atoms with Gasteiger partial charge in [0.25, 0.3) is 0 Å². The van der Waals surface area contributed by atoms with Gasteiger partial charge in [0.15, 0.2) is 0 Å². The summed E-state index contributed by atoms with van der Waals surface area (Å²) in [6.07, 6.45) is 2.12. The summed E-state index contributed by atoms with van der Waals surface area (Å²) in [6, 6.07) is -0.0112. The highest BCUT2D eigenvalue weighted by atomic mass is 16.5. The Labute approximate surface area is 106 Å². The number of nitrogens with zero attached hydrogens (tertiary/aromatic N) is 1. The van der Waals surface area contributed by atoms with Crippen molar-refractivity contribution in [3.63, 3.8) is 0 Å². The monoisotopic (exact) mass is 257 g/mol. The quantitative estimate of drug-likeness (QED) is 0.774. The molecular weight excluding hydrogens is 238 g/mol. The highest BCUT2D eigenvalue weighted by molar-refractivity contribution is 5.83. The number of carbonyl (C=O) groups is 2. The van der Waals surface area contributed by atoms with Gasteiger partial charge in [-0.15, -0.1) is 0 Å². The number of aliphatic carboxylic acids is 1. The average Bonchev–Trinajstić information content (AvgIpc) is 2.90. The normalized spacial score (nSPS) is 25.0. The molecule has 2 heterocycles. The minimum atomic E-state index is -0.964. The summed E-state index contributed by atoms with van der Waals surface area (Å²) in [4.78, 5) is 24.7. The first-order valence-corrected chi connectivity index (χ1v) is 6.36. The van der Waals surface area contributed by atoms with Gasteiger partial charge >= 0.3 is 5.97 Å². The van der Waals surface area contributed by atoms with Gasteiger partial charge in [0.05, 0.1) is 12.5 Å². The van der Waals surface area contributed by atoms with E-state index in [1.165, 1.54) is 4.90 Å². The summed E-state index contributed by atoms with van der Waals surface area (Å²) < 4.78 is 10.5. The third-order valence-corrected chi connectivity index (χ3v) is 3.50. The SMILES string of the molecule is O=C(O)CN(C(=O)[C@@H]1CCOC1)C1CCOCC1. The fourth-order valence-corrected chi connectivity index (χ4v) is 2.49. The van der Waals surface area contributed by atoms with Crippen LogP contribution in [-0.2, 0) is 19.1 Å². The maximum atomic E-state index is 12.3. The third kappa shape index (κ3) is 3.20. The number of carboxylic acids is 1. The van der Waals surface area contributed by atoms with Gasteiger partial charge in [-0.3, -0.25) is 9.59 Å². The van der Waals surface area contributed by atoms with Gasteiger partial charge in [0, 0.05) is 25.9 Å². The van der Waals surface area contributed by atoms with E-state index in [1.54, 1.807) is 0 Å². The van der Waals surface area contributed by atoms with E-state index >= 15 is 0 Å². The highest BCUT2D eigenvalue weighted by Crippen LogP contribution is 2.21. The molecule has 0 saturated carbocycles. The molecule has 102 valence electrons. The molecule has 6 nitrogen and oxygen atoms in total. The van der Waals surface area contributed by atoms with Crippen LogP contribution in [0.2, 0.25) is 0 Å². The number of ether oxygens (including phenoxy) is 2. The molecule has 0 unspecified atom stereocenters. The van der Waals surface area contributed by atoms with Crippen LogP contribution in [0.4, 0.5) is 0 Å². The number of carbonyl (C=O) groups excluding carboxylic acids is 1. The Morgan fingerprint density at radius 1 is 1.11 bits per heavy atom. The van der Waals surface area contributed by atoms with Crippen molar-refractivity contribution >= 4 is 11.9 Å². The van der Waals surface area contributed by atoms with Crippen molar-refractivity contribution in [3.8, 4) is 0 Å². The van der Waals surface area contributed by atoms with Crippen LogP contribution in [0.1, 0.15) is 19.3 Å². The Balaban J connectivity index is 2.02. The first kappa shape index (κ1) is 13.3. The molecule has 0 bridgehead atoms. The van der Waals surface area contributed by atoms with Gasteiger partial charge in [0.2, 0.25) is 5.91 Å². The van der Waals surface area contributed by atoms with Gasteiger partial charge in [0.1, 0.15) is 6.54 Å². The lowest BCUT2D eigenvalue weighted by Crippen LogP contribution is -2.48. The molecule has 2 aliphatic rings. The lowest BCUT2D eigenvalue weighted by Gasteiger charge is -2.34. The minimum absolute atomic E-state index is 0.0112. The molecule has 0 aromatic carbocycles. The highest BCUT2D eigenvalue weighted by Gasteiger charge is 2.33. The van der Waals surface area contributed by atoms with Gasteiger partial charge in [-0.2, -0.15) is 0 Å². The maximum Gasteiger partial charge on any atom is 0.323 e. The molecule has 1 atom stereocenters. The summed E-state index contributed by atoms with van der Waals surface area (Å²) in [5.41, 5.74) is 0. The van der Waals surface area contributed by atoms with Crippen molar-refractivity contribution in [3.05, 3.63) is 0 Å². The summed E-state index contributed by atoms with van der Waals surface area (Å²) in [7, 11) is 0. The van der Waals surface area contributed by atoms with E-state index in [4.69, 9.17) is 14.6 Å². The van der Waals surface area contributed by atoms with Crippen LogP contribution < -0.4 is 0 Å². The largest absolute Gasteiger partial charge is 0.480 e. The second-order valence-electron chi connectivity index (χ2n) is 4.76. The van der Waals surface area contributed by atoms with Crippen molar-refractivity contribution in [1.82, 2.24) is 4.90 Å². The minimum Gasteiger partial charge on any atom is -0.480 e. The molecule has 2 fully saturated rings. The van der Waals surface area contributed by atoms with Crippen molar-refractivity contribution < 1.29 is 24.2 Å². The number of hydrogen-bond acceptors (Lipinski definition) is 4. The molecule has 1 N–H and O–H groups in total. The molecule has 0 aromatic heterocycles. The van der Waals surface area contributed by atoms with Gasteiger partial charge in [-0.1, -0.05) is 0 Å². The van der Waals surface area contributed by atoms with Crippen LogP contribution in [-0.4, -0.2) is 60.9 Å². The van der Waals surface area contributed by atoms with Crippen molar-refractivity contribution in [2.75, 3.05) is 33.0 Å². The van der Waals surface area contributed by atoms with Crippen molar-refractivity contribution in [1.29, 1.82) is 0 Å². The molecule has 2 saturated heterocycles. The topological polar surface area (TPSA) is 76.1 Å². The molecular formula is C12H19NO5. The Morgan fingerprint density at radius 2 is 1.78 bits per heavy atom. The molecule has 0 aromatic rings. The van der Waals surface area contributed by atoms with Crippen LogP contribution in [0.25, 0.3) is 0 Å². The Kier molecular flexibility index (Phi) is 4.54. The van der Waals surface area contributed by atoms with Crippen molar-refractivity contribution in [2.45, 2.75) is 25.3 Å². The van der Waals surface area contributed by atoms with Crippen molar-refractivity contribution in [2.24, 2.45) is 5.92 Å². The van der Waals surface area contributed by atoms with E-state index in [9.17, 15) is 9.59 Å². The number of amides is 1. The first-order valence-electron chi connectivity index (χ1n) is 6.36. The standard InChI is InChI=1S/C12H19NO5/c14-11(15)7-13(10-2-5-17-6-3-10)12(16)9-1-4-18-8-9/h9-10H,1-8H2,(H,14,15)/t9-/m1/s1. The van der Waals surface area contributed by atoms with E-state index in [0.717, 1.165) is 0 Å². The molecule has 2 aliphatic heterocycles. The van der Waals surface area contributed by atoms with E-state index in [2.05, 4.69) is 0 Å². The predicted molar refractivity (Wildman–Crippen MR) is 62.1 cm³/mol. The van der Waals surface area contributed by atoms with Gasteiger partial charge < -0.3 is 19.5 Å².